The van der Waals surface area contributed by atoms with E-state index in [-0.39, 0.29) is 6.04 Å². The molecule has 1 saturated heterocycles. The summed E-state index contributed by atoms with van der Waals surface area (Å²) in [6.07, 6.45) is 2.05. The van der Waals surface area contributed by atoms with Crippen LogP contribution in [0.5, 0.6) is 0 Å². The Morgan fingerprint density at radius 3 is 2.41 bits per heavy atom. The topological polar surface area (TPSA) is 58.2 Å². The summed E-state index contributed by atoms with van der Waals surface area (Å²) in [5.74, 6) is 0. The van der Waals surface area contributed by atoms with Crippen LogP contribution in [0, 0.1) is 0 Å². The maximum absolute atomic E-state index is 12.0. The number of nitrogens with one attached hydrogen (secondary N) is 2. The van der Waals surface area contributed by atoms with Gasteiger partial charge >= 0.3 is 0 Å². The Morgan fingerprint density at radius 2 is 1.94 bits per heavy atom. The van der Waals surface area contributed by atoms with E-state index in [2.05, 4.69) is 17.0 Å². The SMILES string of the molecule is CCCc1ccc(S(=O)(=O)NC2CNC2)cc1. The lowest BCUT2D eigenvalue weighted by atomic mass is 10.1. The predicted molar refractivity (Wildman–Crippen MR) is 67.4 cm³/mol. The van der Waals surface area contributed by atoms with E-state index in [1.165, 1.54) is 5.56 Å². The van der Waals surface area contributed by atoms with Gasteiger partial charge in [-0.3, -0.25) is 0 Å². The fraction of sp³-hybridized carbons (Fsp3) is 0.500. The summed E-state index contributed by atoms with van der Waals surface area (Å²) in [7, 11) is -3.34. The maximum atomic E-state index is 12.0. The lowest BCUT2D eigenvalue weighted by Crippen LogP contribution is -2.56. The molecule has 0 aromatic heterocycles. The van der Waals surface area contributed by atoms with E-state index in [1.807, 2.05) is 12.1 Å². The first-order valence-corrected chi connectivity index (χ1v) is 7.42. The first kappa shape index (κ1) is 12.5. The quantitative estimate of drug-likeness (QED) is 0.820. The van der Waals surface area contributed by atoms with Gasteiger partial charge in [0.2, 0.25) is 10.0 Å². The molecule has 0 unspecified atom stereocenters. The smallest absolute Gasteiger partial charge is 0.240 e. The third-order valence-corrected chi connectivity index (χ3v) is 4.41. The zero-order valence-corrected chi connectivity index (χ0v) is 10.8. The zero-order valence-electron chi connectivity index (χ0n) is 9.94. The minimum absolute atomic E-state index is 0.0373. The molecule has 0 saturated carbocycles. The number of sulfonamides is 1. The van der Waals surface area contributed by atoms with Gasteiger partial charge in [0.05, 0.1) is 4.90 Å². The normalized spacial score (nSPS) is 16.8. The van der Waals surface area contributed by atoms with E-state index in [9.17, 15) is 8.42 Å². The van der Waals surface area contributed by atoms with Crippen molar-refractivity contribution in [2.45, 2.75) is 30.7 Å². The van der Waals surface area contributed by atoms with Crippen molar-refractivity contribution in [3.8, 4) is 0 Å². The molecule has 0 bridgehead atoms. The van der Waals surface area contributed by atoms with E-state index in [0.717, 1.165) is 12.8 Å². The van der Waals surface area contributed by atoms with Crippen LogP contribution >= 0.6 is 0 Å². The molecule has 17 heavy (non-hydrogen) atoms. The van der Waals surface area contributed by atoms with Gasteiger partial charge in [-0.1, -0.05) is 25.5 Å². The highest BCUT2D eigenvalue weighted by molar-refractivity contribution is 7.89. The fourth-order valence-electron chi connectivity index (χ4n) is 1.78. The van der Waals surface area contributed by atoms with E-state index in [1.54, 1.807) is 12.1 Å². The first-order valence-electron chi connectivity index (χ1n) is 5.94. The largest absolute Gasteiger partial charge is 0.313 e. The van der Waals surface area contributed by atoms with Crippen LogP contribution in [-0.4, -0.2) is 27.5 Å². The van der Waals surface area contributed by atoms with Crippen LogP contribution in [0.1, 0.15) is 18.9 Å². The molecule has 1 aliphatic heterocycles. The van der Waals surface area contributed by atoms with Crippen molar-refractivity contribution >= 4 is 10.0 Å². The Labute approximate surface area is 102 Å². The number of aryl methyl sites for hydroxylation is 1. The van der Waals surface area contributed by atoms with Gasteiger partial charge in [0.15, 0.2) is 0 Å². The monoisotopic (exact) mass is 254 g/mol. The number of rotatable bonds is 5. The van der Waals surface area contributed by atoms with Gasteiger partial charge in [0.25, 0.3) is 0 Å². The van der Waals surface area contributed by atoms with Crippen LogP contribution in [0.15, 0.2) is 29.2 Å². The molecule has 0 atom stereocenters. The Balaban J connectivity index is 2.09. The summed E-state index contributed by atoms with van der Waals surface area (Å²) in [5.41, 5.74) is 1.18. The Hall–Kier alpha value is -0.910. The Kier molecular flexibility index (Phi) is 3.81. The third-order valence-electron chi connectivity index (χ3n) is 2.88. The highest BCUT2D eigenvalue weighted by atomic mass is 32.2. The molecule has 5 heteroatoms. The van der Waals surface area contributed by atoms with Crippen LogP contribution < -0.4 is 10.0 Å². The predicted octanol–water partition coefficient (Wildman–Crippen LogP) is 0.889. The van der Waals surface area contributed by atoms with E-state index >= 15 is 0 Å². The summed E-state index contributed by atoms with van der Waals surface area (Å²) in [5, 5.41) is 3.03. The Morgan fingerprint density at radius 1 is 1.29 bits per heavy atom. The second kappa shape index (κ2) is 5.16. The van der Waals surface area contributed by atoms with Gasteiger partial charge in [-0.05, 0) is 24.1 Å². The molecular formula is C12H18N2O2S. The summed E-state index contributed by atoms with van der Waals surface area (Å²) in [6, 6.07) is 7.17. The van der Waals surface area contributed by atoms with Crippen LogP contribution in [0.3, 0.4) is 0 Å². The lowest BCUT2D eigenvalue weighted by Gasteiger charge is -2.27. The first-order chi connectivity index (χ1) is 8.12. The van der Waals surface area contributed by atoms with Crippen LogP contribution in [0.25, 0.3) is 0 Å². The summed E-state index contributed by atoms with van der Waals surface area (Å²) in [4.78, 5) is 0.351. The number of hydrogen-bond donors (Lipinski definition) is 2. The third kappa shape index (κ3) is 3.06. The van der Waals surface area contributed by atoms with Gasteiger partial charge in [-0.25, -0.2) is 13.1 Å². The molecule has 4 nitrogen and oxygen atoms in total. The highest BCUT2D eigenvalue weighted by Gasteiger charge is 2.24. The second-order valence-electron chi connectivity index (χ2n) is 4.37. The standard InChI is InChI=1S/C12H18N2O2S/c1-2-3-10-4-6-12(7-5-10)17(15,16)14-11-8-13-9-11/h4-7,11,13-14H,2-3,8-9H2,1H3. The molecule has 1 fully saturated rings. The Bertz CT molecular complexity index is 464. The van der Waals surface area contributed by atoms with Crippen molar-refractivity contribution < 1.29 is 8.42 Å². The van der Waals surface area contributed by atoms with Crippen LogP contribution in [0.4, 0.5) is 0 Å². The number of benzene rings is 1. The van der Waals surface area contributed by atoms with Gasteiger partial charge < -0.3 is 5.32 Å². The van der Waals surface area contributed by atoms with Crippen molar-refractivity contribution in [3.63, 3.8) is 0 Å². The van der Waals surface area contributed by atoms with E-state index < -0.39 is 10.0 Å². The van der Waals surface area contributed by atoms with Crippen molar-refractivity contribution in [1.82, 2.24) is 10.0 Å². The molecule has 2 N–H and O–H groups in total. The summed E-state index contributed by atoms with van der Waals surface area (Å²) < 4.78 is 26.6. The van der Waals surface area contributed by atoms with Crippen LogP contribution in [-0.2, 0) is 16.4 Å². The van der Waals surface area contributed by atoms with Crippen molar-refractivity contribution in [1.29, 1.82) is 0 Å². The maximum Gasteiger partial charge on any atom is 0.240 e. The van der Waals surface area contributed by atoms with Crippen molar-refractivity contribution in [2.75, 3.05) is 13.1 Å². The van der Waals surface area contributed by atoms with Gasteiger partial charge in [-0.2, -0.15) is 0 Å². The average Bonchev–Trinajstić information content (AvgIpc) is 2.25. The molecule has 0 amide bonds. The van der Waals surface area contributed by atoms with Gasteiger partial charge in [0.1, 0.15) is 0 Å². The lowest BCUT2D eigenvalue weighted by molar-refractivity contribution is 0.410. The summed E-state index contributed by atoms with van der Waals surface area (Å²) in [6.45, 7) is 3.54. The average molecular weight is 254 g/mol. The van der Waals surface area contributed by atoms with Crippen LogP contribution in [0.2, 0.25) is 0 Å². The van der Waals surface area contributed by atoms with Gasteiger partial charge in [0, 0.05) is 19.1 Å². The van der Waals surface area contributed by atoms with Gasteiger partial charge in [-0.15, -0.1) is 0 Å². The highest BCUT2D eigenvalue weighted by Crippen LogP contribution is 2.12. The fourth-order valence-corrected chi connectivity index (χ4v) is 3.02. The minimum Gasteiger partial charge on any atom is -0.313 e. The molecule has 94 valence electrons. The molecule has 0 aliphatic carbocycles. The summed E-state index contributed by atoms with van der Waals surface area (Å²) >= 11 is 0. The molecule has 1 aliphatic rings. The van der Waals surface area contributed by atoms with E-state index in [4.69, 9.17) is 0 Å². The molecule has 1 aromatic rings. The minimum atomic E-state index is -3.34. The molecular weight excluding hydrogens is 236 g/mol. The molecule has 1 aromatic carbocycles. The van der Waals surface area contributed by atoms with E-state index in [0.29, 0.717) is 18.0 Å². The van der Waals surface area contributed by atoms with Crippen molar-refractivity contribution in [3.05, 3.63) is 29.8 Å². The molecule has 1 heterocycles. The number of hydrogen-bond acceptors (Lipinski definition) is 3. The molecule has 0 radical (unpaired) electrons. The zero-order chi connectivity index (χ0) is 12.3. The molecule has 0 spiro atoms. The van der Waals surface area contributed by atoms with Crippen molar-refractivity contribution in [2.24, 2.45) is 0 Å². The second-order valence-corrected chi connectivity index (χ2v) is 6.08. The molecule has 2 rings (SSSR count).